The Kier molecular flexibility index (Phi) is 5.36. The van der Waals surface area contributed by atoms with E-state index in [-0.39, 0.29) is 12.5 Å². The quantitative estimate of drug-likeness (QED) is 0.889. The lowest BCUT2D eigenvalue weighted by Gasteiger charge is -2.23. The molecule has 0 bridgehead atoms. The summed E-state index contributed by atoms with van der Waals surface area (Å²) in [6, 6.07) is 1.97. The van der Waals surface area contributed by atoms with E-state index >= 15 is 0 Å². The third-order valence-corrected chi connectivity index (χ3v) is 3.49. The van der Waals surface area contributed by atoms with E-state index in [1.54, 1.807) is 19.1 Å². The predicted octanol–water partition coefficient (Wildman–Crippen LogP) is 2.36. The van der Waals surface area contributed by atoms with Crippen molar-refractivity contribution >= 4 is 11.6 Å². The van der Waals surface area contributed by atoms with E-state index in [1.807, 2.05) is 26.8 Å². The van der Waals surface area contributed by atoms with E-state index < -0.39 is 0 Å². The number of hydrogen-bond donors (Lipinski definition) is 1. The zero-order valence-electron chi connectivity index (χ0n) is 12.4. The van der Waals surface area contributed by atoms with Gasteiger partial charge in [-0.1, -0.05) is 0 Å². The van der Waals surface area contributed by atoms with Gasteiger partial charge in [0, 0.05) is 25.8 Å². The second kappa shape index (κ2) is 6.57. The van der Waals surface area contributed by atoms with Crippen LogP contribution >= 0.6 is 0 Å². The van der Waals surface area contributed by atoms with E-state index in [0.717, 1.165) is 28.1 Å². The maximum absolute atomic E-state index is 12.0. The highest BCUT2D eigenvalue weighted by Crippen LogP contribution is 2.33. The highest BCUT2D eigenvalue weighted by molar-refractivity contribution is 5.94. The summed E-state index contributed by atoms with van der Waals surface area (Å²) >= 11 is 0. The molecule has 0 unspecified atom stereocenters. The molecule has 0 spiro atoms. The smallest absolute Gasteiger partial charge is 0.226 e. The molecule has 0 radical (unpaired) electrons. The predicted molar refractivity (Wildman–Crippen MR) is 76.9 cm³/mol. The maximum atomic E-state index is 12.0. The normalized spacial score (nSPS) is 10.4. The molecule has 0 fully saturated rings. The second-order valence-corrected chi connectivity index (χ2v) is 4.78. The Bertz CT molecular complexity index is 469. The minimum Gasteiger partial charge on any atom is -0.496 e. The van der Waals surface area contributed by atoms with Crippen molar-refractivity contribution in [2.45, 2.75) is 33.6 Å². The van der Waals surface area contributed by atoms with Crippen molar-refractivity contribution in [2.24, 2.45) is 0 Å². The molecular formula is C15H23NO3. The Hall–Kier alpha value is -1.55. The van der Waals surface area contributed by atoms with Gasteiger partial charge in [-0.25, -0.2) is 0 Å². The van der Waals surface area contributed by atoms with Gasteiger partial charge in [0.2, 0.25) is 5.91 Å². The zero-order chi connectivity index (χ0) is 14.6. The molecule has 0 heterocycles. The lowest BCUT2D eigenvalue weighted by atomic mass is 10.0. The standard InChI is InChI=1S/C15H23NO3/c1-10-9-13(11(2)12(3)15(10)19-5)16(4)14(18)7-6-8-17/h9,17H,6-8H2,1-5H3. The first-order chi connectivity index (χ1) is 8.93. The van der Waals surface area contributed by atoms with Crippen LogP contribution in [0.4, 0.5) is 5.69 Å². The van der Waals surface area contributed by atoms with Gasteiger partial charge in [0.15, 0.2) is 0 Å². The van der Waals surface area contributed by atoms with Crippen LogP contribution in [0.5, 0.6) is 5.75 Å². The monoisotopic (exact) mass is 265 g/mol. The average molecular weight is 265 g/mol. The number of carbonyl (C=O) groups is 1. The largest absolute Gasteiger partial charge is 0.496 e. The van der Waals surface area contributed by atoms with Crippen LogP contribution in [0.3, 0.4) is 0 Å². The fourth-order valence-electron chi connectivity index (χ4n) is 2.23. The molecule has 0 aliphatic carbocycles. The SMILES string of the molecule is COc1c(C)cc(N(C)C(=O)CCCO)c(C)c1C. The number of carbonyl (C=O) groups excluding carboxylic acids is 1. The molecule has 4 nitrogen and oxygen atoms in total. The van der Waals surface area contributed by atoms with Crippen LogP contribution in [0.25, 0.3) is 0 Å². The first-order valence-corrected chi connectivity index (χ1v) is 6.46. The van der Waals surface area contributed by atoms with Gasteiger partial charge < -0.3 is 14.7 Å². The molecule has 19 heavy (non-hydrogen) atoms. The van der Waals surface area contributed by atoms with Gasteiger partial charge in [0.25, 0.3) is 0 Å². The number of rotatable bonds is 5. The maximum Gasteiger partial charge on any atom is 0.226 e. The van der Waals surface area contributed by atoms with Gasteiger partial charge in [-0.05, 0) is 49.9 Å². The number of benzene rings is 1. The van der Waals surface area contributed by atoms with E-state index in [4.69, 9.17) is 9.84 Å². The summed E-state index contributed by atoms with van der Waals surface area (Å²) in [7, 11) is 3.43. The van der Waals surface area contributed by atoms with Gasteiger partial charge in [0.05, 0.1) is 7.11 Å². The van der Waals surface area contributed by atoms with E-state index in [1.165, 1.54) is 0 Å². The molecule has 0 aromatic heterocycles. The van der Waals surface area contributed by atoms with Gasteiger partial charge in [-0.3, -0.25) is 4.79 Å². The van der Waals surface area contributed by atoms with Crippen LogP contribution in [0, 0.1) is 20.8 Å². The van der Waals surface area contributed by atoms with Crippen LogP contribution in [0.1, 0.15) is 29.5 Å². The Morgan fingerprint density at radius 3 is 2.47 bits per heavy atom. The molecule has 0 atom stereocenters. The van der Waals surface area contributed by atoms with Crippen molar-refractivity contribution in [1.29, 1.82) is 0 Å². The van der Waals surface area contributed by atoms with Gasteiger partial charge in [0.1, 0.15) is 5.75 Å². The molecule has 1 aromatic carbocycles. The minimum absolute atomic E-state index is 0.0149. The molecular weight excluding hydrogens is 242 g/mol. The zero-order valence-corrected chi connectivity index (χ0v) is 12.4. The highest BCUT2D eigenvalue weighted by Gasteiger charge is 2.17. The molecule has 0 aliphatic rings. The summed E-state index contributed by atoms with van der Waals surface area (Å²) in [6.07, 6.45) is 0.854. The number of hydrogen-bond acceptors (Lipinski definition) is 3. The summed E-state index contributed by atoms with van der Waals surface area (Å²) in [5, 5.41) is 8.79. The van der Waals surface area contributed by atoms with Crippen LogP contribution in [0.2, 0.25) is 0 Å². The molecule has 0 saturated carbocycles. The molecule has 0 aliphatic heterocycles. The van der Waals surface area contributed by atoms with E-state index in [9.17, 15) is 4.79 Å². The van der Waals surface area contributed by atoms with Gasteiger partial charge in [-0.15, -0.1) is 0 Å². The van der Waals surface area contributed by atoms with Crippen LogP contribution in [0.15, 0.2) is 6.07 Å². The van der Waals surface area contributed by atoms with Crippen molar-refractivity contribution in [3.63, 3.8) is 0 Å². The third-order valence-electron chi connectivity index (χ3n) is 3.49. The number of aliphatic hydroxyl groups is 1. The Morgan fingerprint density at radius 1 is 1.32 bits per heavy atom. The Labute approximate surface area is 115 Å². The fourth-order valence-corrected chi connectivity index (χ4v) is 2.23. The molecule has 0 saturated heterocycles. The lowest BCUT2D eigenvalue weighted by Crippen LogP contribution is -2.27. The van der Waals surface area contributed by atoms with Crippen LogP contribution in [-0.2, 0) is 4.79 Å². The van der Waals surface area contributed by atoms with Crippen molar-refractivity contribution in [2.75, 3.05) is 25.7 Å². The van der Waals surface area contributed by atoms with E-state index in [2.05, 4.69) is 0 Å². The van der Waals surface area contributed by atoms with E-state index in [0.29, 0.717) is 12.8 Å². The third kappa shape index (κ3) is 3.26. The first-order valence-electron chi connectivity index (χ1n) is 6.46. The van der Waals surface area contributed by atoms with Gasteiger partial charge >= 0.3 is 0 Å². The molecule has 1 N–H and O–H groups in total. The van der Waals surface area contributed by atoms with Crippen molar-refractivity contribution < 1.29 is 14.6 Å². The first kappa shape index (κ1) is 15.5. The highest BCUT2D eigenvalue weighted by atomic mass is 16.5. The number of ether oxygens (including phenoxy) is 1. The number of amides is 1. The summed E-state index contributed by atoms with van der Waals surface area (Å²) in [4.78, 5) is 13.7. The summed E-state index contributed by atoms with van der Waals surface area (Å²) in [5.74, 6) is 0.888. The van der Waals surface area contributed by atoms with Gasteiger partial charge in [-0.2, -0.15) is 0 Å². The summed E-state index contributed by atoms with van der Waals surface area (Å²) < 4.78 is 5.38. The molecule has 1 rings (SSSR count). The lowest BCUT2D eigenvalue weighted by molar-refractivity contribution is -0.118. The second-order valence-electron chi connectivity index (χ2n) is 4.78. The number of nitrogens with zero attached hydrogens (tertiary/aromatic N) is 1. The summed E-state index contributed by atoms with van der Waals surface area (Å²) in [5.41, 5.74) is 4.02. The minimum atomic E-state index is 0.0149. The van der Waals surface area contributed by atoms with Crippen LogP contribution in [-0.4, -0.2) is 31.8 Å². The fraction of sp³-hybridized carbons (Fsp3) is 0.533. The molecule has 1 amide bonds. The molecule has 4 heteroatoms. The Balaban J connectivity index is 3.11. The number of methoxy groups -OCH3 is 1. The Morgan fingerprint density at radius 2 is 1.95 bits per heavy atom. The average Bonchev–Trinajstić information content (AvgIpc) is 2.40. The number of anilines is 1. The molecule has 106 valence electrons. The van der Waals surface area contributed by atoms with Crippen molar-refractivity contribution in [1.82, 2.24) is 0 Å². The van der Waals surface area contributed by atoms with Crippen molar-refractivity contribution in [3.8, 4) is 5.75 Å². The summed E-state index contributed by atoms with van der Waals surface area (Å²) in [6.45, 7) is 6.00. The number of aryl methyl sites for hydroxylation is 1. The number of aliphatic hydroxyl groups excluding tert-OH is 1. The topological polar surface area (TPSA) is 49.8 Å². The van der Waals surface area contributed by atoms with Crippen LogP contribution < -0.4 is 9.64 Å². The molecule has 1 aromatic rings. The van der Waals surface area contributed by atoms with Crippen molar-refractivity contribution in [3.05, 3.63) is 22.8 Å².